The second kappa shape index (κ2) is 5.25. The molecule has 1 saturated carbocycles. The Morgan fingerprint density at radius 1 is 1.40 bits per heavy atom. The number of anilines is 1. The standard InChI is InChI=1S/C15H18N2O3/c18-8-11-2-1-3-12(11)17-15(20)10-5-4-9-7-14(19)16-13(9)6-10/h4-6,11-12,18H,1-3,7-8H2,(H,16,19)(H,17,20). The first-order valence-electron chi connectivity index (χ1n) is 7.02. The number of benzene rings is 1. The number of carbonyl (C=O) groups excluding carboxylic acids is 2. The fraction of sp³-hybridized carbons (Fsp3) is 0.467. The molecule has 1 aliphatic carbocycles. The van der Waals surface area contributed by atoms with Crippen molar-refractivity contribution in [1.82, 2.24) is 5.32 Å². The Morgan fingerprint density at radius 2 is 2.25 bits per heavy atom. The number of nitrogens with one attached hydrogen (secondary N) is 2. The zero-order valence-corrected chi connectivity index (χ0v) is 11.2. The number of fused-ring (bicyclic) bond motifs is 1. The molecular weight excluding hydrogens is 256 g/mol. The van der Waals surface area contributed by atoms with Crippen molar-refractivity contribution in [2.24, 2.45) is 5.92 Å². The molecule has 20 heavy (non-hydrogen) atoms. The summed E-state index contributed by atoms with van der Waals surface area (Å²) >= 11 is 0. The predicted molar refractivity (Wildman–Crippen MR) is 74.5 cm³/mol. The van der Waals surface area contributed by atoms with Crippen LogP contribution in [-0.4, -0.2) is 29.6 Å². The lowest BCUT2D eigenvalue weighted by Gasteiger charge is -2.19. The Labute approximate surface area is 117 Å². The number of aliphatic hydroxyl groups excluding tert-OH is 1. The summed E-state index contributed by atoms with van der Waals surface area (Å²) < 4.78 is 0. The molecule has 3 N–H and O–H groups in total. The molecule has 1 aromatic carbocycles. The lowest BCUT2D eigenvalue weighted by atomic mass is 10.0. The molecule has 1 heterocycles. The van der Waals surface area contributed by atoms with Crippen molar-refractivity contribution in [3.63, 3.8) is 0 Å². The first-order valence-corrected chi connectivity index (χ1v) is 7.02. The van der Waals surface area contributed by atoms with E-state index in [0.717, 1.165) is 30.5 Å². The summed E-state index contributed by atoms with van der Waals surface area (Å²) in [6.45, 7) is 0.116. The summed E-state index contributed by atoms with van der Waals surface area (Å²) in [6.07, 6.45) is 3.29. The van der Waals surface area contributed by atoms with Crippen molar-refractivity contribution in [1.29, 1.82) is 0 Å². The minimum absolute atomic E-state index is 0.0336. The highest BCUT2D eigenvalue weighted by Gasteiger charge is 2.28. The summed E-state index contributed by atoms with van der Waals surface area (Å²) in [4.78, 5) is 23.5. The van der Waals surface area contributed by atoms with Crippen molar-refractivity contribution < 1.29 is 14.7 Å². The topological polar surface area (TPSA) is 78.4 Å². The first-order chi connectivity index (χ1) is 9.67. The zero-order valence-electron chi connectivity index (χ0n) is 11.2. The Bertz CT molecular complexity index is 556. The fourth-order valence-electron chi connectivity index (χ4n) is 3.05. The van der Waals surface area contributed by atoms with Crippen LogP contribution >= 0.6 is 0 Å². The van der Waals surface area contributed by atoms with Crippen LogP contribution in [0.1, 0.15) is 35.2 Å². The van der Waals surface area contributed by atoms with Crippen LogP contribution in [0.4, 0.5) is 5.69 Å². The van der Waals surface area contributed by atoms with E-state index in [-0.39, 0.29) is 30.4 Å². The van der Waals surface area contributed by atoms with Crippen LogP contribution < -0.4 is 10.6 Å². The molecule has 0 saturated heterocycles. The highest BCUT2D eigenvalue weighted by atomic mass is 16.3. The summed E-state index contributed by atoms with van der Waals surface area (Å²) in [5, 5.41) is 15.0. The van der Waals surface area contributed by atoms with Crippen LogP contribution in [0.15, 0.2) is 18.2 Å². The van der Waals surface area contributed by atoms with Gasteiger partial charge < -0.3 is 15.7 Å². The van der Waals surface area contributed by atoms with E-state index in [1.54, 1.807) is 12.1 Å². The molecule has 0 spiro atoms. The molecule has 2 aliphatic rings. The van der Waals surface area contributed by atoms with E-state index in [4.69, 9.17) is 0 Å². The fourth-order valence-corrected chi connectivity index (χ4v) is 3.05. The molecule has 5 heteroatoms. The van der Waals surface area contributed by atoms with Crippen LogP contribution in [0.25, 0.3) is 0 Å². The molecule has 5 nitrogen and oxygen atoms in total. The SMILES string of the molecule is O=C1Cc2ccc(C(=O)NC3CCCC3CO)cc2N1. The summed E-state index contributed by atoms with van der Waals surface area (Å²) in [5.74, 6) is -0.0129. The highest BCUT2D eigenvalue weighted by Crippen LogP contribution is 2.27. The smallest absolute Gasteiger partial charge is 0.251 e. The average Bonchev–Trinajstić information content (AvgIpc) is 3.02. The van der Waals surface area contributed by atoms with Gasteiger partial charge in [0.05, 0.1) is 6.42 Å². The summed E-state index contributed by atoms with van der Waals surface area (Å²) in [5.41, 5.74) is 2.21. The van der Waals surface area contributed by atoms with Crippen LogP contribution in [0.3, 0.4) is 0 Å². The molecule has 0 aromatic heterocycles. The van der Waals surface area contributed by atoms with Crippen LogP contribution in [0.2, 0.25) is 0 Å². The van der Waals surface area contributed by atoms with Crippen molar-refractivity contribution in [2.45, 2.75) is 31.7 Å². The molecule has 0 bridgehead atoms. The van der Waals surface area contributed by atoms with Gasteiger partial charge in [0.15, 0.2) is 0 Å². The van der Waals surface area contributed by atoms with Gasteiger partial charge in [-0.1, -0.05) is 12.5 Å². The van der Waals surface area contributed by atoms with E-state index in [1.165, 1.54) is 0 Å². The maximum Gasteiger partial charge on any atom is 0.251 e. The first kappa shape index (κ1) is 13.1. The second-order valence-corrected chi connectivity index (χ2v) is 5.55. The minimum Gasteiger partial charge on any atom is -0.396 e. The Balaban J connectivity index is 1.72. The molecular formula is C15H18N2O3. The second-order valence-electron chi connectivity index (χ2n) is 5.55. The van der Waals surface area contributed by atoms with Gasteiger partial charge in [0, 0.05) is 29.8 Å². The van der Waals surface area contributed by atoms with Crippen LogP contribution in [0.5, 0.6) is 0 Å². The van der Waals surface area contributed by atoms with Gasteiger partial charge in [-0.3, -0.25) is 9.59 Å². The van der Waals surface area contributed by atoms with Crippen molar-refractivity contribution in [2.75, 3.05) is 11.9 Å². The lowest BCUT2D eigenvalue weighted by Crippen LogP contribution is -2.38. The van der Waals surface area contributed by atoms with E-state index in [2.05, 4.69) is 10.6 Å². The van der Waals surface area contributed by atoms with Gasteiger partial charge in [0.2, 0.25) is 5.91 Å². The van der Waals surface area contributed by atoms with Crippen LogP contribution in [0, 0.1) is 5.92 Å². The summed E-state index contributed by atoms with van der Waals surface area (Å²) in [6, 6.07) is 5.34. The van der Waals surface area contributed by atoms with Gasteiger partial charge in [0.25, 0.3) is 5.91 Å². The van der Waals surface area contributed by atoms with E-state index in [0.29, 0.717) is 12.0 Å². The number of hydrogen-bond acceptors (Lipinski definition) is 3. The molecule has 106 valence electrons. The molecule has 1 aromatic rings. The number of carbonyl (C=O) groups is 2. The maximum atomic E-state index is 12.2. The molecule has 1 aliphatic heterocycles. The van der Waals surface area contributed by atoms with E-state index in [9.17, 15) is 14.7 Å². The molecule has 0 radical (unpaired) electrons. The highest BCUT2D eigenvalue weighted by molar-refractivity contribution is 6.02. The predicted octanol–water partition coefficient (Wildman–Crippen LogP) is 1.07. The third kappa shape index (κ3) is 2.41. The quantitative estimate of drug-likeness (QED) is 0.771. The van der Waals surface area contributed by atoms with E-state index >= 15 is 0 Å². The number of amides is 2. The minimum atomic E-state index is -0.140. The monoisotopic (exact) mass is 274 g/mol. The third-order valence-corrected chi connectivity index (χ3v) is 4.21. The number of aliphatic hydroxyl groups is 1. The van der Waals surface area contributed by atoms with Gasteiger partial charge in [-0.05, 0) is 30.5 Å². The Kier molecular flexibility index (Phi) is 3.44. The van der Waals surface area contributed by atoms with E-state index in [1.807, 2.05) is 6.07 Å². The van der Waals surface area contributed by atoms with E-state index < -0.39 is 0 Å². The van der Waals surface area contributed by atoms with Gasteiger partial charge in [-0.2, -0.15) is 0 Å². The van der Waals surface area contributed by atoms with Crippen LogP contribution in [-0.2, 0) is 11.2 Å². The van der Waals surface area contributed by atoms with Gasteiger partial charge in [0.1, 0.15) is 0 Å². The molecule has 2 atom stereocenters. The average molecular weight is 274 g/mol. The largest absolute Gasteiger partial charge is 0.396 e. The van der Waals surface area contributed by atoms with Gasteiger partial charge in [-0.15, -0.1) is 0 Å². The normalized spacial score (nSPS) is 24.4. The number of hydrogen-bond donors (Lipinski definition) is 3. The van der Waals surface area contributed by atoms with Crippen molar-refractivity contribution in [3.8, 4) is 0 Å². The van der Waals surface area contributed by atoms with Gasteiger partial charge in [-0.25, -0.2) is 0 Å². The summed E-state index contributed by atoms with van der Waals surface area (Å²) in [7, 11) is 0. The maximum absolute atomic E-state index is 12.2. The molecule has 3 rings (SSSR count). The lowest BCUT2D eigenvalue weighted by molar-refractivity contribution is -0.115. The molecule has 2 amide bonds. The Morgan fingerprint density at radius 3 is 3.05 bits per heavy atom. The molecule has 2 unspecified atom stereocenters. The zero-order chi connectivity index (χ0) is 14.1. The number of rotatable bonds is 3. The van der Waals surface area contributed by atoms with Crippen molar-refractivity contribution >= 4 is 17.5 Å². The molecule has 1 fully saturated rings. The van der Waals surface area contributed by atoms with Gasteiger partial charge >= 0.3 is 0 Å². The Hall–Kier alpha value is -1.88. The van der Waals surface area contributed by atoms with Crippen molar-refractivity contribution in [3.05, 3.63) is 29.3 Å². The third-order valence-electron chi connectivity index (χ3n) is 4.21.